The van der Waals surface area contributed by atoms with Gasteiger partial charge in [-0.25, -0.2) is 4.52 Å². The fraction of sp³-hybridized carbons (Fsp3) is 0. The zero-order valence-electron chi connectivity index (χ0n) is 5.01. The summed E-state index contributed by atoms with van der Waals surface area (Å²) in [6, 6.07) is 3.55. The predicted molar refractivity (Wildman–Crippen MR) is 33.1 cm³/mol. The molecule has 0 amide bonds. The van der Waals surface area contributed by atoms with Gasteiger partial charge in [0.25, 0.3) is 0 Å². The second kappa shape index (κ2) is 1.66. The van der Waals surface area contributed by atoms with Crippen molar-refractivity contribution in [2.24, 2.45) is 0 Å². The third-order valence-corrected chi connectivity index (χ3v) is 1.27. The quantitative estimate of drug-likeness (QED) is 0.395. The first-order chi connectivity index (χ1) is 4.92. The highest BCUT2D eigenvalue weighted by molar-refractivity contribution is 5.59. The Hall–Kier alpha value is -1.65. The molecule has 0 fully saturated rings. The third-order valence-electron chi connectivity index (χ3n) is 1.27. The monoisotopic (exact) mass is 136 g/mol. The Morgan fingerprint density at radius 1 is 1.50 bits per heavy atom. The zero-order chi connectivity index (χ0) is 6.97. The lowest BCUT2D eigenvalue weighted by molar-refractivity contribution is 0.540. The Morgan fingerprint density at radius 2 is 2.40 bits per heavy atom. The molecule has 2 rings (SSSR count). The van der Waals surface area contributed by atoms with Crippen LogP contribution < -0.4 is 0 Å². The number of hydrogen-bond acceptors (Lipinski definition) is 3. The van der Waals surface area contributed by atoms with Crippen molar-refractivity contribution in [2.45, 2.75) is 0 Å². The molecule has 5 nitrogen and oxygen atoms in total. The van der Waals surface area contributed by atoms with Crippen LogP contribution in [0, 0.1) is 0 Å². The molecule has 0 bridgehead atoms. The minimum atomic E-state index is 0.613. The van der Waals surface area contributed by atoms with Gasteiger partial charge in [0, 0.05) is 6.20 Å². The molecule has 0 radical (unpaired) electrons. The molecule has 0 aliphatic carbocycles. The number of carbonyl (C=O) groups excluding carboxylic acids is 1. The highest BCUT2D eigenvalue weighted by Gasteiger charge is 1.98. The van der Waals surface area contributed by atoms with Crippen molar-refractivity contribution in [1.82, 2.24) is 19.6 Å². The van der Waals surface area contributed by atoms with Gasteiger partial charge in [-0.05, 0) is 22.6 Å². The van der Waals surface area contributed by atoms with E-state index in [0.717, 1.165) is 0 Å². The fourth-order valence-corrected chi connectivity index (χ4v) is 0.827. The molecule has 0 aliphatic rings. The molecule has 0 N–H and O–H groups in total. The maximum Gasteiger partial charge on any atom is 0.237 e. The topological polar surface area (TPSA) is 52.2 Å². The maximum atomic E-state index is 10.2. The number of rotatable bonds is 1. The van der Waals surface area contributed by atoms with E-state index in [9.17, 15) is 4.79 Å². The van der Waals surface area contributed by atoms with Crippen LogP contribution in [0.15, 0.2) is 18.3 Å². The lowest BCUT2D eigenvalue weighted by Crippen LogP contribution is -1.95. The highest BCUT2D eigenvalue weighted by atomic mass is 16.1. The Balaban J connectivity index is 2.88. The van der Waals surface area contributed by atoms with Gasteiger partial charge < -0.3 is 0 Å². The SMILES string of the molecule is O=Cn1nnn2cccc12. The van der Waals surface area contributed by atoms with Gasteiger partial charge in [0.1, 0.15) is 0 Å². The molecule has 2 aromatic heterocycles. The molecule has 2 aromatic rings. The minimum absolute atomic E-state index is 0.613. The van der Waals surface area contributed by atoms with Crippen LogP contribution in [0.1, 0.15) is 0 Å². The van der Waals surface area contributed by atoms with E-state index in [-0.39, 0.29) is 0 Å². The number of aromatic nitrogens is 4. The summed E-state index contributed by atoms with van der Waals surface area (Å²) >= 11 is 0. The summed E-state index contributed by atoms with van der Waals surface area (Å²) < 4.78 is 2.69. The standard InChI is InChI=1S/C5H4N4O/c10-4-9-5-2-1-3-8(5)6-7-9/h1-4H. The Kier molecular flexibility index (Phi) is 0.858. The van der Waals surface area contributed by atoms with Gasteiger partial charge >= 0.3 is 0 Å². The van der Waals surface area contributed by atoms with Gasteiger partial charge in [-0.2, -0.15) is 4.68 Å². The van der Waals surface area contributed by atoms with Crippen LogP contribution in [0.5, 0.6) is 0 Å². The summed E-state index contributed by atoms with van der Waals surface area (Å²) in [5.41, 5.74) is 0.676. The Morgan fingerprint density at radius 3 is 3.20 bits per heavy atom. The molecule has 0 saturated carbocycles. The Labute approximate surface area is 55.8 Å². The van der Waals surface area contributed by atoms with Gasteiger partial charge in [-0.3, -0.25) is 4.79 Å². The van der Waals surface area contributed by atoms with Crippen LogP contribution in [0.3, 0.4) is 0 Å². The van der Waals surface area contributed by atoms with Crippen molar-refractivity contribution in [2.75, 3.05) is 0 Å². The third kappa shape index (κ3) is 0.485. The molecular formula is C5H4N4O. The average Bonchev–Trinajstić information content (AvgIpc) is 2.44. The van der Waals surface area contributed by atoms with E-state index >= 15 is 0 Å². The summed E-state index contributed by atoms with van der Waals surface area (Å²) in [5.74, 6) is 0. The fourth-order valence-electron chi connectivity index (χ4n) is 0.827. The number of carbonyl (C=O) groups is 1. The molecule has 0 aliphatic heterocycles. The molecule has 2 heterocycles. The summed E-state index contributed by atoms with van der Waals surface area (Å²) in [6.45, 7) is 0. The smallest absolute Gasteiger partial charge is 0.237 e. The van der Waals surface area contributed by atoms with E-state index in [1.807, 2.05) is 0 Å². The molecule has 50 valence electrons. The van der Waals surface area contributed by atoms with Crippen LogP contribution in [-0.4, -0.2) is 26.0 Å². The predicted octanol–water partition coefficient (Wildman–Crippen LogP) is -0.431. The molecule has 10 heavy (non-hydrogen) atoms. The molecule has 0 spiro atoms. The number of tetrazole rings is 1. The molecule has 0 saturated heterocycles. The van der Waals surface area contributed by atoms with Crippen LogP contribution >= 0.6 is 0 Å². The molecule has 0 atom stereocenters. The highest BCUT2D eigenvalue weighted by Crippen LogP contribution is 1.97. The lowest BCUT2D eigenvalue weighted by Gasteiger charge is -1.79. The molecule has 0 aromatic carbocycles. The first kappa shape index (κ1) is 5.16. The molecular weight excluding hydrogens is 132 g/mol. The van der Waals surface area contributed by atoms with Crippen molar-refractivity contribution >= 4 is 12.1 Å². The van der Waals surface area contributed by atoms with Gasteiger partial charge in [0.2, 0.25) is 6.41 Å². The van der Waals surface area contributed by atoms with Crippen LogP contribution in [0.2, 0.25) is 0 Å². The zero-order valence-corrected chi connectivity index (χ0v) is 5.01. The van der Waals surface area contributed by atoms with E-state index < -0.39 is 0 Å². The summed E-state index contributed by atoms with van der Waals surface area (Å²) in [4.78, 5) is 10.2. The van der Waals surface area contributed by atoms with Crippen molar-refractivity contribution < 1.29 is 4.79 Å². The number of hydrogen-bond donors (Lipinski definition) is 0. The van der Waals surface area contributed by atoms with E-state index in [1.165, 1.54) is 9.20 Å². The van der Waals surface area contributed by atoms with E-state index in [1.54, 1.807) is 18.3 Å². The van der Waals surface area contributed by atoms with Crippen LogP contribution in [-0.2, 0) is 4.79 Å². The summed E-state index contributed by atoms with van der Waals surface area (Å²) in [6.07, 6.45) is 2.34. The first-order valence-corrected chi connectivity index (χ1v) is 2.75. The van der Waals surface area contributed by atoms with Crippen LogP contribution in [0.25, 0.3) is 5.65 Å². The number of fused-ring (bicyclic) bond motifs is 1. The second-order valence-electron chi connectivity index (χ2n) is 1.84. The van der Waals surface area contributed by atoms with Crippen molar-refractivity contribution in [3.05, 3.63) is 18.3 Å². The maximum absolute atomic E-state index is 10.2. The largest absolute Gasteiger partial charge is 0.276 e. The summed E-state index contributed by atoms with van der Waals surface area (Å²) in [7, 11) is 0. The molecule has 5 heteroatoms. The minimum Gasteiger partial charge on any atom is -0.276 e. The molecule has 0 unspecified atom stereocenters. The number of nitrogens with zero attached hydrogens (tertiary/aromatic N) is 4. The lowest BCUT2D eigenvalue weighted by atomic mass is 10.6. The average molecular weight is 136 g/mol. The van der Waals surface area contributed by atoms with Gasteiger partial charge in [0.15, 0.2) is 5.65 Å². The van der Waals surface area contributed by atoms with Crippen molar-refractivity contribution in [3.63, 3.8) is 0 Å². The van der Waals surface area contributed by atoms with Gasteiger partial charge in [-0.1, -0.05) is 0 Å². The summed E-state index contributed by atoms with van der Waals surface area (Å²) in [5, 5.41) is 7.18. The van der Waals surface area contributed by atoms with E-state index in [2.05, 4.69) is 10.4 Å². The van der Waals surface area contributed by atoms with Crippen molar-refractivity contribution in [1.29, 1.82) is 0 Å². The normalized spacial score (nSPS) is 10.4. The second-order valence-corrected chi connectivity index (χ2v) is 1.84. The van der Waals surface area contributed by atoms with Gasteiger partial charge in [-0.15, -0.1) is 0 Å². The Bertz CT molecular complexity index is 360. The van der Waals surface area contributed by atoms with E-state index in [4.69, 9.17) is 0 Å². The van der Waals surface area contributed by atoms with Gasteiger partial charge in [0.05, 0.1) is 0 Å². The van der Waals surface area contributed by atoms with Crippen molar-refractivity contribution in [3.8, 4) is 0 Å². The van der Waals surface area contributed by atoms with E-state index in [0.29, 0.717) is 12.1 Å². The first-order valence-electron chi connectivity index (χ1n) is 2.75. The van der Waals surface area contributed by atoms with Crippen LogP contribution in [0.4, 0.5) is 0 Å².